The quantitative estimate of drug-likeness (QED) is 0.789. The Bertz CT molecular complexity index is 371. The molecular weight excluding hydrogens is 256 g/mol. The summed E-state index contributed by atoms with van der Waals surface area (Å²) in [5.74, 6) is 1.24. The van der Waals surface area contributed by atoms with E-state index in [9.17, 15) is 8.42 Å². The van der Waals surface area contributed by atoms with Crippen LogP contribution in [0.25, 0.3) is 0 Å². The van der Waals surface area contributed by atoms with Crippen LogP contribution in [-0.2, 0) is 10.0 Å². The predicted octanol–water partition coefficient (Wildman–Crippen LogP) is 1.36. The molecule has 2 N–H and O–H groups in total. The molecule has 1 atom stereocenters. The van der Waals surface area contributed by atoms with Gasteiger partial charge in [0.15, 0.2) is 0 Å². The third-order valence-corrected chi connectivity index (χ3v) is 6.38. The fraction of sp³-hybridized carbons (Fsp3) is 0.909. The SMILES string of the molecule is CC(C)C1CCN(S(=O)(=O)C(C)C(N)=S)CC1. The number of sulfonamides is 1. The Morgan fingerprint density at radius 3 is 2.12 bits per heavy atom. The zero-order valence-corrected chi connectivity index (χ0v) is 12.4. The summed E-state index contributed by atoms with van der Waals surface area (Å²) < 4.78 is 25.9. The second kappa shape index (κ2) is 5.63. The summed E-state index contributed by atoms with van der Waals surface area (Å²) >= 11 is 4.77. The van der Waals surface area contributed by atoms with Gasteiger partial charge in [0.25, 0.3) is 0 Å². The zero-order chi connectivity index (χ0) is 13.2. The Labute approximate surface area is 110 Å². The second-order valence-corrected chi connectivity index (χ2v) is 7.79. The highest BCUT2D eigenvalue weighted by Gasteiger charge is 2.33. The Kier molecular flexibility index (Phi) is 4.92. The molecule has 6 heteroatoms. The molecule has 0 saturated carbocycles. The van der Waals surface area contributed by atoms with Gasteiger partial charge in [0, 0.05) is 13.1 Å². The number of piperidine rings is 1. The highest BCUT2D eigenvalue weighted by atomic mass is 32.2. The Morgan fingerprint density at radius 1 is 1.29 bits per heavy atom. The number of rotatable bonds is 4. The number of thiocarbonyl (C=S) groups is 1. The molecule has 100 valence electrons. The number of nitrogens with two attached hydrogens (primary N) is 1. The first kappa shape index (κ1) is 14.9. The topological polar surface area (TPSA) is 63.4 Å². The monoisotopic (exact) mass is 278 g/mol. The maximum absolute atomic E-state index is 12.2. The summed E-state index contributed by atoms with van der Waals surface area (Å²) in [6.45, 7) is 7.13. The van der Waals surface area contributed by atoms with Gasteiger partial charge in [-0.05, 0) is 31.6 Å². The minimum absolute atomic E-state index is 0.0518. The fourth-order valence-corrected chi connectivity index (χ4v) is 3.99. The minimum Gasteiger partial charge on any atom is -0.392 e. The van der Waals surface area contributed by atoms with Crippen LogP contribution in [0, 0.1) is 11.8 Å². The fourth-order valence-electron chi connectivity index (χ4n) is 2.17. The predicted molar refractivity (Wildman–Crippen MR) is 74.3 cm³/mol. The second-order valence-electron chi connectivity index (χ2n) is 5.07. The molecule has 1 aliphatic rings. The Hall–Kier alpha value is -0.200. The molecule has 1 rings (SSSR count). The van der Waals surface area contributed by atoms with E-state index in [0.717, 1.165) is 12.8 Å². The maximum atomic E-state index is 12.2. The lowest BCUT2D eigenvalue weighted by Gasteiger charge is -2.34. The van der Waals surface area contributed by atoms with Gasteiger partial charge in [-0.1, -0.05) is 26.1 Å². The lowest BCUT2D eigenvalue weighted by Crippen LogP contribution is -2.46. The van der Waals surface area contributed by atoms with E-state index in [1.54, 1.807) is 6.92 Å². The van der Waals surface area contributed by atoms with E-state index in [0.29, 0.717) is 24.9 Å². The van der Waals surface area contributed by atoms with Crippen molar-refractivity contribution in [3.63, 3.8) is 0 Å². The minimum atomic E-state index is -3.34. The molecule has 1 heterocycles. The van der Waals surface area contributed by atoms with Gasteiger partial charge in [-0.15, -0.1) is 0 Å². The van der Waals surface area contributed by atoms with Crippen LogP contribution in [0.3, 0.4) is 0 Å². The van der Waals surface area contributed by atoms with E-state index >= 15 is 0 Å². The summed E-state index contributed by atoms with van der Waals surface area (Å²) in [6, 6.07) is 0. The van der Waals surface area contributed by atoms with Crippen LogP contribution in [-0.4, -0.2) is 36.1 Å². The summed E-state index contributed by atoms with van der Waals surface area (Å²) in [4.78, 5) is 0.0518. The van der Waals surface area contributed by atoms with Crippen molar-refractivity contribution >= 4 is 27.2 Å². The van der Waals surface area contributed by atoms with Gasteiger partial charge in [-0.25, -0.2) is 12.7 Å². The lowest BCUT2D eigenvalue weighted by atomic mass is 9.87. The van der Waals surface area contributed by atoms with E-state index in [-0.39, 0.29) is 4.99 Å². The van der Waals surface area contributed by atoms with Crippen LogP contribution in [0.2, 0.25) is 0 Å². The molecule has 1 aliphatic heterocycles. The van der Waals surface area contributed by atoms with Crippen molar-refractivity contribution < 1.29 is 8.42 Å². The molecule has 1 saturated heterocycles. The highest BCUT2D eigenvalue weighted by Crippen LogP contribution is 2.26. The summed E-state index contributed by atoms with van der Waals surface area (Å²) in [5.41, 5.74) is 5.43. The van der Waals surface area contributed by atoms with Crippen LogP contribution in [0.1, 0.15) is 33.6 Å². The van der Waals surface area contributed by atoms with Crippen LogP contribution in [0.15, 0.2) is 0 Å². The molecule has 0 aromatic carbocycles. The van der Waals surface area contributed by atoms with Crippen molar-refractivity contribution in [2.75, 3.05) is 13.1 Å². The number of nitrogens with zero attached hydrogens (tertiary/aromatic N) is 1. The van der Waals surface area contributed by atoms with Crippen LogP contribution in [0.4, 0.5) is 0 Å². The Balaban J connectivity index is 2.68. The summed E-state index contributed by atoms with van der Waals surface area (Å²) in [7, 11) is -3.34. The molecule has 0 aromatic heterocycles. The van der Waals surface area contributed by atoms with Crippen molar-refractivity contribution in [2.45, 2.75) is 38.9 Å². The van der Waals surface area contributed by atoms with E-state index in [2.05, 4.69) is 13.8 Å². The molecular formula is C11H22N2O2S2. The molecule has 0 aliphatic carbocycles. The van der Waals surface area contributed by atoms with Gasteiger partial charge in [0.2, 0.25) is 10.0 Å². The normalized spacial score (nSPS) is 21.6. The van der Waals surface area contributed by atoms with Gasteiger partial charge in [0.1, 0.15) is 5.25 Å². The van der Waals surface area contributed by atoms with E-state index in [1.165, 1.54) is 4.31 Å². The van der Waals surface area contributed by atoms with Crippen LogP contribution >= 0.6 is 12.2 Å². The summed E-state index contributed by atoms with van der Waals surface area (Å²) in [5, 5.41) is -0.756. The van der Waals surface area contributed by atoms with Gasteiger partial charge in [0.05, 0.1) is 4.99 Å². The third-order valence-electron chi connectivity index (χ3n) is 3.65. The molecule has 0 bridgehead atoms. The van der Waals surface area contributed by atoms with Crippen molar-refractivity contribution in [3.05, 3.63) is 0 Å². The van der Waals surface area contributed by atoms with Crippen LogP contribution < -0.4 is 5.73 Å². The molecule has 4 nitrogen and oxygen atoms in total. The smallest absolute Gasteiger partial charge is 0.223 e. The lowest BCUT2D eigenvalue weighted by molar-refractivity contribution is 0.226. The first-order valence-electron chi connectivity index (χ1n) is 6.05. The molecule has 0 radical (unpaired) electrons. The Morgan fingerprint density at radius 2 is 1.76 bits per heavy atom. The first-order valence-corrected chi connectivity index (χ1v) is 7.96. The van der Waals surface area contributed by atoms with Crippen molar-refractivity contribution in [1.82, 2.24) is 4.31 Å². The molecule has 1 unspecified atom stereocenters. The molecule has 0 spiro atoms. The molecule has 0 aromatic rings. The van der Waals surface area contributed by atoms with Crippen molar-refractivity contribution in [3.8, 4) is 0 Å². The van der Waals surface area contributed by atoms with Gasteiger partial charge >= 0.3 is 0 Å². The highest BCUT2D eigenvalue weighted by molar-refractivity contribution is 7.92. The zero-order valence-electron chi connectivity index (χ0n) is 10.7. The number of hydrogen-bond acceptors (Lipinski definition) is 3. The van der Waals surface area contributed by atoms with Crippen molar-refractivity contribution in [2.24, 2.45) is 17.6 Å². The largest absolute Gasteiger partial charge is 0.392 e. The van der Waals surface area contributed by atoms with E-state index < -0.39 is 15.3 Å². The van der Waals surface area contributed by atoms with Gasteiger partial charge < -0.3 is 5.73 Å². The standard InChI is InChI=1S/C11H22N2O2S2/c1-8(2)10-4-6-13(7-5-10)17(14,15)9(3)11(12)16/h8-10H,4-7H2,1-3H3,(H2,12,16). The van der Waals surface area contributed by atoms with E-state index in [4.69, 9.17) is 18.0 Å². The average molecular weight is 278 g/mol. The summed E-state index contributed by atoms with van der Waals surface area (Å²) in [6.07, 6.45) is 1.86. The first-order chi connectivity index (χ1) is 7.76. The average Bonchev–Trinajstić information content (AvgIpc) is 2.27. The van der Waals surface area contributed by atoms with Gasteiger partial charge in [-0.3, -0.25) is 0 Å². The van der Waals surface area contributed by atoms with Crippen molar-refractivity contribution in [1.29, 1.82) is 0 Å². The molecule has 17 heavy (non-hydrogen) atoms. The number of hydrogen-bond donors (Lipinski definition) is 1. The molecule has 1 fully saturated rings. The third kappa shape index (κ3) is 3.39. The molecule has 0 amide bonds. The van der Waals surface area contributed by atoms with Crippen LogP contribution in [0.5, 0.6) is 0 Å². The maximum Gasteiger partial charge on any atom is 0.223 e. The van der Waals surface area contributed by atoms with E-state index in [1.807, 2.05) is 0 Å². The van der Waals surface area contributed by atoms with Gasteiger partial charge in [-0.2, -0.15) is 0 Å².